The van der Waals surface area contributed by atoms with Crippen molar-refractivity contribution >= 4 is 27.6 Å². The Labute approximate surface area is 283 Å². The molecule has 1 amide bonds. The van der Waals surface area contributed by atoms with Crippen molar-refractivity contribution in [2.75, 3.05) is 38.1 Å². The van der Waals surface area contributed by atoms with Gasteiger partial charge in [-0.25, -0.2) is 13.2 Å². The molecule has 0 fully saturated rings. The predicted octanol–water partition coefficient (Wildman–Crippen LogP) is 5.11. The fraction of sp³-hybridized carbons (Fsp3) is 0.444. The average Bonchev–Trinajstić information content (AvgIpc) is 3.06. The quantitative estimate of drug-likeness (QED) is 0.266. The van der Waals surface area contributed by atoms with E-state index in [9.17, 15) is 28.2 Å². The molecule has 0 aliphatic carbocycles. The number of aliphatic hydroxyl groups is 1. The molecule has 0 spiro atoms. The van der Waals surface area contributed by atoms with E-state index < -0.39 is 27.9 Å². The molecule has 48 heavy (non-hydrogen) atoms. The number of carbonyl (C=O) groups excluding carboxylic acids is 1. The van der Waals surface area contributed by atoms with Gasteiger partial charge in [0.2, 0.25) is 0 Å². The maximum absolute atomic E-state index is 14.4. The molecule has 0 saturated carbocycles. The molecule has 0 saturated heterocycles. The van der Waals surface area contributed by atoms with Gasteiger partial charge in [-0.3, -0.25) is 14.4 Å². The van der Waals surface area contributed by atoms with E-state index in [2.05, 4.69) is 9.62 Å². The molecule has 1 aliphatic rings. The third-order valence-electron chi connectivity index (χ3n) is 8.50. The topological polar surface area (TPSA) is 146 Å². The van der Waals surface area contributed by atoms with Gasteiger partial charge in [-0.2, -0.15) is 0 Å². The molecule has 3 aromatic carbocycles. The molecular weight excluding hydrogens is 634 g/mol. The number of benzene rings is 3. The molecule has 0 bridgehead atoms. The van der Waals surface area contributed by atoms with Crippen LogP contribution in [0.1, 0.15) is 66.3 Å². The second-order valence-corrected chi connectivity index (χ2v) is 14.3. The number of hydrogen-bond donors (Lipinski definition) is 3. The summed E-state index contributed by atoms with van der Waals surface area (Å²) in [5, 5.41) is 19.5. The molecule has 3 aromatic rings. The highest BCUT2D eigenvalue weighted by molar-refractivity contribution is 7.92. The summed E-state index contributed by atoms with van der Waals surface area (Å²) in [5.74, 6) is -1.17. The van der Waals surface area contributed by atoms with Gasteiger partial charge in [0.1, 0.15) is 5.75 Å². The smallest absolute Gasteiger partial charge is 0.335 e. The first-order valence-electron chi connectivity index (χ1n) is 16.3. The molecule has 260 valence electrons. The minimum Gasteiger partial charge on any atom is -0.490 e. The summed E-state index contributed by atoms with van der Waals surface area (Å²) in [7, 11) is -1.94. The van der Waals surface area contributed by atoms with Crippen LogP contribution in [0, 0.1) is 5.92 Å². The van der Waals surface area contributed by atoms with E-state index in [1.807, 2.05) is 20.9 Å². The van der Waals surface area contributed by atoms with Gasteiger partial charge < -0.3 is 24.6 Å². The van der Waals surface area contributed by atoms with Gasteiger partial charge in [0.05, 0.1) is 40.9 Å². The van der Waals surface area contributed by atoms with Crippen molar-refractivity contribution in [2.45, 2.75) is 69.7 Å². The molecule has 12 heteroatoms. The van der Waals surface area contributed by atoms with Crippen LogP contribution in [0.5, 0.6) is 5.75 Å². The van der Waals surface area contributed by atoms with Crippen LogP contribution in [-0.2, 0) is 21.3 Å². The van der Waals surface area contributed by atoms with E-state index in [0.717, 1.165) is 24.8 Å². The number of likely N-dealkylation sites (N-methyl/N-ethyl adjacent to an activating group) is 1. The van der Waals surface area contributed by atoms with E-state index >= 15 is 0 Å². The van der Waals surface area contributed by atoms with Crippen LogP contribution in [0.4, 0.5) is 5.69 Å². The molecule has 4 atom stereocenters. The van der Waals surface area contributed by atoms with Crippen molar-refractivity contribution in [1.29, 1.82) is 0 Å². The lowest BCUT2D eigenvalue weighted by Crippen LogP contribution is -2.47. The van der Waals surface area contributed by atoms with Crippen molar-refractivity contribution < 1.29 is 37.7 Å². The third kappa shape index (κ3) is 10.0. The Morgan fingerprint density at radius 1 is 1.06 bits per heavy atom. The number of aliphatic hydroxyl groups excluding tert-OH is 1. The first-order chi connectivity index (χ1) is 22.9. The van der Waals surface area contributed by atoms with Crippen LogP contribution >= 0.6 is 0 Å². The SMILES string of the molecule is C[C@@H]1CN([C@@H](C)CO)C(=O)c2cc(NS(=O)(=O)c3ccccc3)ccc2O[C@@H](C)CCCCO[C@H]1CN(C)Cc1ccc(C(=O)O)cc1. The van der Waals surface area contributed by atoms with Crippen molar-refractivity contribution in [1.82, 2.24) is 9.80 Å². The van der Waals surface area contributed by atoms with E-state index in [0.29, 0.717) is 25.4 Å². The normalized spacial score (nSPS) is 20.3. The zero-order valence-electron chi connectivity index (χ0n) is 28.0. The zero-order valence-corrected chi connectivity index (χ0v) is 28.9. The van der Waals surface area contributed by atoms with Crippen LogP contribution < -0.4 is 9.46 Å². The van der Waals surface area contributed by atoms with Gasteiger partial charge in [-0.15, -0.1) is 0 Å². The molecule has 3 N–H and O–H groups in total. The number of carbonyl (C=O) groups is 2. The van der Waals surface area contributed by atoms with Crippen LogP contribution in [0.15, 0.2) is 77.7 Å². The zero-order chi connectivity index (χ0) is 34.8. The Hall–Kier alpha value is -3.97. The predicted molar refractivity (Wildman–Crippen MR) is 184 cm³/mol. The lowest BCUT2D eigenvalue weighted by molar-refractivity contribution is -0.0177. The number of anilines is 1. The number of carboxylic acids is 1. The molecule has 4 rings (SSSR count). The standard InChI is InChI=1S/C36H47N3O8S/c1-25-21-39(26(2)24-40)35(41)32-20-30(37-48(44,45)31-11-6-5-7-12-31)17-18-33(32)47-27(3)10-8-9-19-46-34(25)23-38(4)22-28-13-15-29(16-14-28)36(42)43/h5-7,11-18,20,25-27,34,37,40H,8-10,19,21-24H2,1-4H3,(H,42,43)/t25-,26+,27+,34+/m1/s1. The molecule has 11 nitrogen and oxygen atoms in total. The maximum Gasteiger partial charge on any atom is 0.335 e. The highest BCUT2D eigenvalue weighted by Gasteiger charge is 2.30. The molecule has 0 radical (unpaired) electrons. The first-order valence-corrected chi connectivity index (χ1v) is 17.8. The summed E-state index contributed by atoms with van der Waals surface area (Å²) in [6.45, 7) is 7.37. The maximum atomic E-state index is 14.4. The Balaban J connectivity index is 1.61. The van der Waals surface area contributed by atoms with Crippen molar-refractivity contribution in [3.63, 3.8) is 0 Å². The van der Waals surface area contributed by atoms with Gasteiger partial charge >= 0.3 is 5.97 Å². The summed E-state index contributed by atoms with van der Waals surface area (Å²) in [6, 6.07) is 18.9. The van der Waals surface area contributed by atoms with Crippen LogP contribution in [0.2, 0.25) is 0 Å². The van der Waals surface area contributed by atoms with Gasteiger partial charge in [0.25, 0.3) is 15.9 Å². The van der Waals surface area contributed by atoms with Crippen LogP contribution in [0.25, 0.3) is 0 Å². The second-order valence-electron chi connectivity index (χ2n) is 12.6. The summed E-state index contributed by atoms with van der Waals surface area (Å²) in [4.78, 5) is 29.4. The highest BCUT2D eigenvalue weighted by atomic mass is 32.2. The highest BCUT2D eigenvalue weighted by Crippen LogP contribution is 2.29. The van der Waals surface area contributed by atoms with Crippen molar-refractivity contribution in [3.8, 4) is 5.75 Å². The lowest BCUT2D eigenvalue weighted by Gasteiger charge is -2.36. The molecule has 1 heterocycles. The van der Waals surface area contributed by atoms with Gasteiger partial charge in [-0.05, 0) is 88.2 Å². The van der Waals surface area contributed by atoms with E-state index in [1.165, 1.54) is 18.2 Å². The number of fused-ring (bicyclic) bond motifs is 1. The second kappa shape index (κ2) is 16.9. The summed E-state index contributed by atoms with van der Waals surface area (Å²) < 4.78 is 41.5. The number of nitrogens with zero attached hydrogens (tertiary/aromatic N) is 2. The number of aromatic carboxylic acids is 1. The van der Waals surface area contributed by atoms with Gasteiger partial charge in [0.15, 0.2) is 0 Å². The van der Waals surface area contributed by atoms with E-state index in [-0.39, 0.29) is 53.0 Å². The minimum absolute atomic E-state index is 0.0962. The summed E-state index contributed by atoms with van der Waals surface area (Å²) >= 11 is 0. The minimum atomic E-state index is -3.91. The largest absolute Gasteiger partial charge is 0.490 e. The number of hydrogen-bond acceptors (Lipinski definition) is 8. The summed E-state index contributed by atoms with van der Waals surface area (Å²) in [5.41, 5.74) is 1.60. The molecule has 1 aliphatic heterocycles. The number of ether oxygens (including phenoxy) is 2. The lowest BCUT2D eigenvalue weighted by atomic mass is 10.0. The van der Waals surface area contributed by atoms with Crippen molar-refractivity contribution in [2.24, 2.45) is 5.92 Å². The van der Waals surface area contributed by atoms with Gasteiger partial charge in [0, 0.05) is 37.8 Å². The fourth-order valence-electron chi connectivity index (χ4n) is 5.70. The van der Waals surface area contributed by atoms with E-state index in [4.69, 9.17) is 9.47 Å². The fourth-order valence-corrected chi connectivity index (χ4v) is 6.77. The third-order valence-corrected chi connectivity index (χ3v) is 9.90. The molecular formula is C36H47N3O8S. The average molecular weight is 682 g/mol. The van der Waals surface area contributed by atoms with Crippen LogP contribution in [-0.4, -0.2) is 91.9 Å². The van der Waals surface area contributed by atoms with Crippen molar-refractivity contribution in [3.05, 3.63) is 89.5 Å². The van der Waals surface area contributed by atoms with E-state index in [1.54, 1.807) is 66.4 Å². The monoisotopic (exact) mass is 681 g/mol. The summed E-state index contributed by atoms with van der Waals surface area (Å²) in [6.07, 6.45) is 1.92. The van der Waals surface area contributed by atoms with Crippen LogP contribution in [0.3, 0.4) is 0 Å². The molecule has 0 unspecified atom stereocenters. The number of rotatable bonds is 10. The molecule has 0 aromatic heterocycles. The Morgan fingerprint density at radius 2 is 1.77 bits per heavy atom. The number of nitrogens with one attached hydrogen (secondary N) is 1. The number of sulfonamides is 1. The number of carboxylic acid groups (broad SMARTS) is 1. The Bertz CT molecular complexity index is 1620. The van der Waals surface area contributed by atoms with Gasteiger partial charge in [-0.1, -0.05) is 37.3 Å². The Kier molecular flexibility index (Phi) is 13.0. The Morgan fingerprint density at radius 3 is 2.44 bits per heavy atom. The first kappa shape index (κ1) is 36.9. The number of amides is 1.